The van der Waals surface area contributed by atoms with Gasteiger partial charge in [0.05, 0.1) is 12.0 Å². The summed E-state index contributed by atoms with van der Waals surface area (Å²) >= 11 is 0. The molecule has 0 radical (unpaired) electrons. The van der Waals surface area contributed by atoms with E-state index in [1.54, 1.807) is 24.3 Å². The second-order valence-corrected chi connectivity index (χ2v) is 4.27. The molecule has 2 N–H and O–H groups in total. The van der Waals surface area contributed by atoms with Gasteiger partial charge >= 0.3 is 6.18 Å². The summed E-state index contributed by atoms with van der Waals surface area (Å²) in [5.74, 6) is -0.506. The Morgan fingerprint density at radius 1 is 1.32 bits per heavy atom. The molecule has 0 aliphatic carbocycles. The fourth-order valence-electron chi connectivity index (χ4n) is 1.73. The van der Waals surface area contributed by atoms with Crippen LogP contribution in [0.1, 0.15) is 30.6 Å². The lowest BCUT2D eigenvalue weighted by Gasteiger charge is -2.17. The molecule has 6 heteroatoms. The Balaban J connectivity index is 2.73. The van der Waals surface area contributed by atoms with Crippen molar-refractivity contribution in [3.63, 3.8) is 0 Å². The molecule has 106 valence electrons. The molecule has 1 amide bonds. The zero-order valence-electron chi connectivity index (χ0n) is 10.8. The molecule has 0 heterocycles. The van der Waals surface area contributed by atoms with E-state index in [1.165, 1.54) is 6.92 Å². The second-order valence-electron chi connectivity index (χ2n) is 4.27. The van der Waals surface area contributed by atoms with Gasteiger partial charge in [0, 0.05) is 18.3 Å². The molecular weight excluding hydrogens is 257 g/mol. The van der Waals surface area contributed by atoms with Gasteiger partial charge in [-0.15, -0.1) is 0 Å². The van der Waals surface area contributed by atoms with Gasteiger partial charge in [-0.2, -0.15) is 13.2 Å². The Morgan fingerprint density at radius 3 is 2.53 bits per heavy atom. The summed E-state index contributed by atoms with van der Waals surface area (Å²) in [7, 11) is 0. The third kappa shape index (κ3) is 5.19. The van der Waals surface area contributed by atoms with Crippen molar-refractivity contribution in [3.05, 3.63) is 29.8 Å². The molecule has 0 aliphatic heterocycles. The highest BCUT2D eigenvalue weighted by molar-refractivity contribution is 5.99. The molecule has 0 saturated carbocycles. The van der Waals surface area contributed by atoms with Crippen molar-refractivity contribution in [1.29, 1.82) is 0 Å². The fraction of sp³-hybridized carbons (Fsp3) is 0.462. The van der Waals surface area contributed by atoms with Crippen molar-refractivity contribution in [1.82, 2.24) is 5.32 Å². The van der Waals surface area contributed by atoms with E-state index in [0.717, 1.165) is 0 Å². The predicted molar refractivity (Wildman–Crippen MR) is 68.2 cm³/mol. The third-order valence-electron chi connectivity index (χ3n) is 2.45. The number of benzene rings is 1. The van der Waals surface area contributed by atoms with Crippen LogP contribution in [0.3, 0.4) is 0 Å². The normalized spacial score (nSPS) is 12.9. The Kier molecular flexibility index (Phi) is 5.20. The Morgan fingerprint density at radius 2 is 1.95 bits per heavy atom. The number of hydrogen-bond donors (Lipinski definition) is 2. The van der Waals surface area contributed by atoms with Crippen molar-refractivity contribution in [2.24, 2.45) is 0 Å². The fourth-order valence-corrected chi connectivity index (χ4v) is 1.73. The van der Waals surface area contributed by atoms with Crippen LogP contribution in [0.15, 0.2) is 24.3 Å². The number of rotatable bonds is 5. The van der Waals surface area contributed by atoms with Gasteiger partial charge in [0.1, 0.15) is 0 Å². The minimum atomic E-state index is -4.28. The minimum Gasteiger partial charge on any atom is -0.385 e. The highest BCUT2D eigenvalue weighted by Crippen LogP contribution is 2.22. The Hall–Kier alpha value is -1.72. The molecule has 0 aromatic heterocycles. The summed E-state index contributed by atoms with van der Waals surface area (Å²) < 4.78 is 36.6. The first-order valence-electron chi connectivity index (χ1n) is 6.04. The maximum absolute atomic E-state index is 12.2. The van der Waals surface area contributed by atoms with Crippen LogP contribution in [-0.2, 0) is 0 Å². The Bertz CT molecular complexity index is 432. The molecule has 1 atom stereocenters. The second kappa shape index (κ2) is 6.45. The number of para-hydroxylation sites is 1. The molecule has 1 unspecified atom stereocenters. The predicted octanol–water partition coefficient (Wildman–Crippen LogP) is 3.19. The minimum absolute atomic E-state index is 0.346. The van der Waals surface area contributed by atoms with Gasteiger partial charge in [0.25, 0.3) is 5.91 Å². The molecule has 0 bridgehead atoms. The van der Waals surface area contributed by atoms with Crippen LogP contribution in [0, 0.1) is 0 Å². The summed E-state index contributed by atoms with van der Waals surface area (Å²) in [6.45, 7) is 3.84. The summed E-state index contributed by atoms with van der Waals surface area (Å²) in [6, 6.07) is 5.76. The van der Waals surface area contributed by atoms with Gasteiger partial charge < -0.3 is 10.6 Å². The molecule has 0 fully saturated rings. The first kappa shape index (κ1) is 15.3. The number of halogens is 3. The molecular formula is C13H17F3N2O. The van der Waals surface area contributed by atoms with Gasteiger partial charge in [0.15, 0.2) is 0 Å². The number of anilines is 1. The quantitative estimate of drug-likeness (QED) is 0.865. The van der Waals surface area contributed by atoms with Gasteiger partial charge in [-0.3, -0.25) is 4.79 Å². The highest BCUT2D eigenvalue weighted by Gasteiger charge is 2.30. The number of carbonyl (C=O) groups excluding carboxylic acids is 1. The summed E-state index contributed by atoms with van der Waals surface area (Å²) in [5, 5.41) is 5.35. The van der Waals surface area contributed by atoms with E-state index in [9.17, 15) is 18.0 Å². The summed E-state index contributed by atoms with van der Waals surface area (Å²) in [5.41, 5.74) is 0.958. The molecule has 19 heavy (non-hydrogen) atoms. The molecule has 0 saturated heterocycles. The van der Waals surface area contributed by atoms with Gasteiger partial charge in [0.2, 0.25) is 0 Å². The number of carbonyl (C=O) groups is 1. The van der Waals surface area contributed by atoms with Crippen molar-refractivity contribution in [2.45, 2.75) is 32.5 Å². The first-order valence-corrected chi connectivity index (χ1v) is 6.04. The lowest BCUT2D eigenvalue weighted by molar-refractivity contribution is -0.138. The van der Waals surface area contributed by atoms with Crippen molar-refractivity contribution < 1.29 is 18.0 Å². The van der Waals surface area contributed by atoms with Crippen LogP contribution >= 0.6 is 0 Å². The molecule has 1 aromatic carbocycles. The topological polar surface area (TPSA) is 41.1 Å². The number of amides is 1. The molecule has 0 spiro atoms. The first-order chi connectivity index (χ1) is 8.83. The van der Waals surface area contributed by atoms with Crippen LogP contribution < -0.4 is 10.6 Å². The summed E-state index contributed by atoms with van der Waals surface area (Å²) in [6.07, 6.45) is -5.32. The van der Waals surface area contributed by atoms with E-state index < -0.39 is 24.5 Å². The smallest absolute Gasteiger partial charge is 0.385 e. The highest BCUT2D eigenvalue weighted by atomic mass is 19.4. The largest absolute Gasteiger partial charge is 0.391 e. The molecule has 3 nitrogen and oxygen atoms in total. The van der Waals surface area contributed by atoms with Crippen LogP contribution in [-0.4, -0.2) is 24.7 Å². The zero-order chi connectivity index (χ0) is 14.5. The van der Waals surface area contributed by atoms with Crippen LogP contribution in [0.4, 0.5) is 18.9 Å². The van der Waals surface area contributed by atoms with Crippen LogP contribution in [0.25, 0.3) is 0 Å². The molecule has 0 aliphatic rings. The third-order valence-corrected chi connectivity index (χ3v) is 2.45. The van der Waals surface area contributed by atoms with Gasteiger partial charge in [-0.1, -0.05) is 12.1 Å². The van der Waals surface area contributed by atoms with Crippen molar-refractivity contribution in [3.8, 4) is 0 Å². The van der Waals surface area contributed by atoms with E-state index in [1.807, 2.05) is 6.92 Å². The average molecular weight is 274 g/mol. The standard InChI is InChI=1S/C13H17F3N2O/c1-3-17-11-7-5-4-6-10(11)12(19)18-9(2)8-13(14,15)16/h4-7,9,17H,3,8H2,1-2H3,(H,18,19). The lowest BCUT2D eigenvalue weighted by Crippen LogP contribution is -2.36. The van der Waals surface area contributed by atoms with Crippen molar-refractivity contribution in [2.75, 3.05) is 11.9 Å². The maximum atomic E-state index is 12.2. The number of hydrogen-bond acceptors (Lipinski definition) is 2. The maximum Gasteiger partial charge on any atom is 0.391 e. The molecule has 1 rings (SSSR count). The van der Waals surface area contributed by atoms with E-state index in [-0.39, 0.29) is 0 Å². The van der Waals surface area contributed by atoms with E-state index in [0.29, 0.717) is 17.8 Å². The SMILES string of the molecule is CCNc1ccccc1C(=O)NC(C)CC(F)(F)F. The van der Waals surface area contributed by atoms with E-state index >= 15 is 0 Å². The zero-order valence-corrected chi connectivity index (χ0v) is 10.8. The van der Waals surface area contributed by atoms with Crippen molar-refractivity contribution >= 4 is 11.6 Å². The van der Waals surface area contributed by atoms with E-state index in [2.05, 4.69) is 10.6 Å². The van der Waals surface area contributed by atoms with Crippen LogP contribution in [0.2, 0.25) is 0 Å². The van der Waals surface area contributed by atoms with E-state index in [4.69, 9.17) is 0 Å². The molecule has 1 aromatic rings. The summed E-state index contributed by atoms with van der Waals surface area (Å²) in [4.78, 5) is 11.9. The van der Waals surface area contributed by atoms with Gasteiger partial charge in [-0.05, 0) is 26.0 Å². The lowest BCUT2D eigenvalue weighted by atomic mass is 10.1. The number of alkyl halides is 3. The average Bonchev–Trinajstić information content (AvgIpc) is 2.27. The van der Waals surface area contributed by atoms with Gasteiger partial charge in [-0.25, -0.2) is 0 Å². The van der Waals surface area contributed by atoms with Crippen LogP contribution in [0.5, 0.6) is 0 Å². The number of nitrogens with one attached hydrogen (secondary N) is 2. The Labute approximate surface area is 110 Å². The monoisotopic (exact) mass is 274 g/mol.